The molecule has 1 aromatic carbocycles. The number of benzene rings is 1. The Morgan fingerprint density at radius 1 is 1.26 bits per heavy atom. The third-order valence-corrected chi connectivity index (χ3v) is 4.90. The van der Waals surface area contributed by atoms with Gasteiger partial charge in [0.2, 0.25) is 0 Å². The number of hydrogen-bond acceptors (Lipinski definition) is 3. The smallest absolute Gasteiger partial charge is 0.361 e. The second kappa shape index (κ2) is 7.13. The zero-order valence-corrected chi connectivity index (χ0v) is 14.5. The minimum Gasteiger partial charge on any atom is -0.465 e. The van der Waals surface area contributed by atoms with Crippen LogP contribution in [0.4, 0.5) is 5.69 Å². The highest BCUT2D eigenvalue weighted by atomic mass is 16.5. The van der Waals surface area contributed by atoms with Gasteiger partial charge in [-0.3, -0.25) is 4.79 Å². The van der Waals surface area contributed by atoms with E-state index < -0.39 is 0 Å². The van der Waals surface area contributed by atoms with Crippen LogP contribution >= 0.6 is 0 Å². The maximum atomic E-state index is 12.9. The number of hydrogen-bond donors (Lipinski definition) is 1. The van der Waals surface area contributed by atoms with Gasteiger partial charge >= 0.3 is 5.97 Å². The number of methoxy groups -OCH3 is 1. The number of ether oxygens (including phenoxy) is 1. The predicted molar refractivity (Wildman–Crippen MR) is 90.1 cm³/mol. The van der Waals surface area contributed by atoms with E-state index in [0.29, 0.717) is 4.48 Å². The highest BCUT2D eigenvalue weighted by Crippen LogP contribution is 2.27. The fourth-order valence-electron chi connectivity index (χ4n) is 3.46. The van der Waals surface area contributed by atoms with Crippen molar-refractivity contribution in [3.05, 3.63) is 29.3 Å². The molecular weight excluding hydrogens is 292 g/mol. The summed E-state index contributed by atoms with van der Waals surface area (Å²) < 4.78 is 5.24. The topological polar surface area (TPSA) is 55.4 Å². The molecule has 0 saturated carbocycles. The Labute approximate surface area is 138 Å². The molecule has 0 unspecified atom stereocenters. The summed E-state index contributed by atoms with van der Waals surface area (Å²) in [4.78, 5) is 24.6. The number of carbonyl (C=O) groups excluding carboxylic acids is 2. The molecule has 0 bridgehead atoms. The first-order chi connectivity index (χ1) is 10.9. The van der Waals surface area contributed by atoms with Gasteiger partial charge in [-0.1, -0.05) is 18.2 Å². The third-order valence-electron chi connectivity index (χ3n) is 4.90. The van der Waals surface area contributed by atoms with E-state index in [9.17, 15) is 9.59 Å². The minimum atomic E-state index is -0.265. The number of anilines is 1. The maximum Gasteiger partial charge on any atom is 0.361 e. The summed E-state index contributed by atoms with van der Waals surface area (Å²) in [6.45, 7) is 5.04. The van der Waals surface area contributed by atoms with E-state index in [1.165, 1.54) is 7.11 Å². The van der Waals surface area contributed by atoms with Crippen molar-refractivity contribution in [2.24, 2.45) is 0 Å². The summed E-state index contributed by atoms with van der Waals surface area (Å²) in [5, 5.41) is 3.09. The van der Waals surface area contributed by atoms with Crippen LogP contribution in [0, 0.1) is 13.8 Å². The van der Waals surface area contributed by atoms with E-state index in [1.807, 2.05) is 39.1 Å². The molecule has 1 amide bonds. The van der Waals surface area contributed by atoms with Crippen LogP contribution in [0.1, 0.15) is 30.4 Å². The Kier molecular flexibility index (Phi) is 5.42. The molecule has 23 heavy (non-hydrogen) atoms. The highest BCUT2D eigenvalue weighted by molar-refractivity contribution is 5.95. The third kappa shape index (κ3) is 3.91. The van der Waals surface area contributed by atoms with Crippen LogP contribution in [0.2, 0.25) is 0 Å². The minimum absolute atomic E-state index is 0.00602. The summed E-state index contributed by atoms with van der Waals surface area (Å²) >= 11 is 0. The van der Waals surface area contributed by atoms with Crippen LogP contribution in [0.5, 0.6) is 0 Å². The molecule has 2 atom stereocenters. The molecule has 1 N–H and O–H groups in total. The molecule has 0 aliphatic carbocycles. The van der Waals surface area contributed by atoms with E-state index in [1.54, 1.807) is 0 Å². The molecular formula is C18H27N2O3+. The summed E-state index contributed by atoms with van der Waals surface area (Å²) in [6, 6.07) is 5.75. The van der Waals surface area contributed by atoms with Crippen molar-refractivity contribution >= 4 is 17.6 Å². The molecule has 0 aromatic heterocycles. The predicted octanol–water partition coefficient (Wildman–Crippen LogP) is 2.41. The number of para-hydroxylation sites is 1. The van der Waals surface area contributed by atoms with Crippen molar-refractivity contribution in [2.45, 2.75) is 39.2 Å². The molecule has 1 saturated heterocycles. The number of piperidine rings is 1. The van der Waals surface area contributed by atoms with Gasteiger partial charge in [0.1, 0.15) is 0 Å². The molecule has 0 radical (unpaired) electrons. The standard InChI is InChI=1S/C18H26N2O3/c1-13-8-7-9-14(2)17(13)19-18(22)15-10-5-6-11-20(15,3)12-16(21)23-4/h7-9,15H,5-6,10-12H2,1-4H3/p+1/t15-,20-/m0/s1. The van der Waals surface area contributed by atoms with Gasteiger partial charge in [-0.15, -0.1) is 0 Å². The molecule has 5 heteroatoms. The van der Waals surface area contributed by atoms with Crippen LogP contribution in [-0.2, 0) is 14.3 Å². The first-order valence-corrected chi connectivity index (χ1v) is 8.15. The number of esters is 1. The zero-order chi connectivity index (χ0) is 17.0. The lowest BCUT2D eigenvalue weighted by Gasteiger charge is -2.42. The van der Waals surface area contributed by atoms with Crippen LogP contribution in [0.15, 0.2) is 18.2 Å². The van der Waals surface area contributed by atoms with Crippen molar-refractivity contribution in [1.29, 1.82) is 0 Å². The normalized spacial score (nSPS) is 24.1. The summed E-state index contributed by atoms with van der Waals surface area (Å²) in [5.74, 6) is -0.271. The first kappa shape index (κ1) is 17.5. The van der Waals surface area contributed by atoms with Crippen molar-refractivity contribution in [3.63, 3.8) is 0 Å². The monoisotopic (exact) mass is 319 g/mol. The van der Waals surface area contributed by atoms with Gasteiger partial charge in [-0.05, 0) is 37.8 Å². The Balaban J connectivity index is 2.20. The molecule has 1 heterocycles. The number of amides is 1. The number of aryl methyl sites for hydroxylation is 2. The fraction of sp³-hybridized carbons (Fsp3) is 0.556. The van der Waals surface area contributed by atoms with Crippen molar-refractivity contribution in [1.82, 2.24) is 0 Å². The van der Waals surface area contributed by atoms with Crippen molar-refractivity contribution in [3.8, 4) is 0 Å². The lowest BCUT2D eigenvalue weighted by atomic mass is 9.97. The van der Waals surface area contributed by atoms with E-state index in [-0.39, 0.29) is 24.5 Å². The van der Waals surface area contributed by atoms with Crippen molar-refractivity contribution < 1.29 is 18.8 Å². The van der Waals surface area contributed by atoms with E-state index in [4.69, 9.17) is 4.74 Å². The largest absolute Gasteiger partial charge is 0.465 e. The summed E-state index contributed by atoms with van der Waals surface area (Å²) in [5.41, 5.74) is 2.99. The first-order valence-electron chi connectivity index (χ1n) is 8.15. The van der Waals surface area contributed by atoms with Gasteiger partial charge in [-0.2, -0.15) is 0 Å². The second-order valence-electron chi connectivity index (χ2n) is 6.70. The van der Waals surface area contributed by atoms with Gasteiger partial charge in [-0.25, -0.2) is 4.79 Å². The number of quaternary nitrogens is 1. The molecule has 1 fully saturated rings. The van der Waals surface area contributed by atoms with Crippen LogP contribution in [-0.4, -0.2) is 49.6 Å². The van der Waals surface area contributed by atoms with E-state index >= 15 is 0 Å². The lowest BCUT2D eigenvalue weighted by Crippen LogP contribution is -2.61. The highest BCUT2D eigenvalue weighted by Gasteiger charge is 2.42. The summed E-state index contributed by atoms with van der Waals surface area (Å²) in [6.07, 6.45) is 2.84. The van der Waals surface area contributed by atoms with Gasteiger partial charge in [0.05, 0.1) is 20.7 Å². The fourth-order valence-corrected chi connectivity index (χ4v) is 3.46. The molecule has 1 aromatic rings. The number of nitrogens with one attached hydrogen (secondary N) is 1. The Morgan fingerprint density at radius 3 is 2.52 bits per heavy atom. The van der Waals surface area contributed by atoms with Gasteiger partial charge < -0.3 is 14.5 Å². The van der Waals surface area contributed by atoms with Crippen LogP contribution < -0.4 is 5.32 Å². The average molecular weight is 319 g/mol. The number of rotatable bonds is 4. The SMILES string of the molecule is COC(=O)C[N@+]1(C)CCCC[C@H]1C(=O)Nc1c(C)cccc1C. The molecule has 1 aliphatic rings. The molecule has 2 rings (SSSR count). The molecule has 0 spiro atoms. The number of carbonyl (C=O) groups is 2. The Morgan fingerprint density at radius 2 is 1.91 bits per heavy atom. The Hall–Kier alpha value is -1.88. The van der Waals surface area contributed by atoms with Crippen molar-refractivity contribution in [2.75, 3.05) is 32.6 Å². The lowest BCUT2D eigenvalue weighted by molar-refractivity contribution is -0.922. The van der Waals surface area contributed by atoms with Crippen LogP contribution in [0.25, 0.3) is 0 Å². The number of likely N-dealkylation sites (N-methyl/N-ethyl adjacent to an activating group) is 1. The zero-order valence-electron chi connectivity index (χ0n) is 14.5. The Bertz CT molecular complexity index is 580. The molecule has 126 valence electrons. The van der Waals surface area contributed by atoms with Crippen LogP contribution in [0.3, 0.4) is 0 Å². The second-order valence-corrected chi connectivity index (χ2v) is 6.70. The van der Waals surface area contributed by atoms with E-state index in [2.05, 4.69) is 5.32 Å². The van der Waals surface area contributed by atoms with Gasteiger partial charge in [0, 0.05) is 12.1 Å². The quantitative estimate of drug-likeness (QED) is 0.685. The summed E-state index contributed by atoms with van der Waals surface area (Å²) in [7, 11) is 3.37. The molecule has 1 aliphatic heterocycles. The molecule has 5 nitrogen and oxygen atoms in total. The average Bonchev–Trinajstić information content (AvgIpc) is 2.50. The van der Waals surface area contributed by atoms with Gasteiger partial charge in [0.15, 0.2) is 12.6 Å². The van der Waals surface area contributed by atoms with Gasteiger partial charge in [0.25, 0.3) is 5.91 Å². The van der Waals surface area contributed by atoms with E-state index in [0.717, 1.165) is 42.6 Å². The number of nitrogens with zero attached hydrogens (tertiary/aromatic N) is 1. The maximum absolute atomic E-state index is 12.9. The number of likely N-dealkylation sites (tertiary alicyclic amines) is 1.